The van der Waals surface area contributed by atoms with Gasteiger partial charge in [-0.15, -0.1) is 11.6 Å². The molecule has 0 N–H and O–H groups in total. The van der Waals surface area contributed by atoms with Crippen LogP contribution in [0.5, 0.6) is 11.5 Å². The Morgan fingerprint density at radius 3 is 3.00 bits per heavy atom. The highest BCUT2D eigenvalue weighted by molar-refractivity contribution is 6.17. The minimum atomic E-state index is 0.138. The first-order valence-corrected chi connectivity index (χ1v) is 6.34. The van der Waals surface area contributed by atoms with E-state index >= 15 is 0 Å². The Hall–Kier alpha value is -0.930. The van der Waals surface area contributed by atoms with Crippen molar-refractivity contribution in [2.75, 3.05) is 20.3 Å². The first kappa shape index (κ1) is 12.5. The zero-order chi connectivity index (χ0) is 12.1. The molecule has 1 heterocycles. The van der Waals surface area contributed by atoms with Crippen LogP contribution >= 0.6 is 11.6 Å². The first-order chi connectivity index (χ1) is 8.33. The van der Waals surface area contributed by atoms with Gasteiger partial charge in [0.2, 0.25) is 0 Å². The zero-order valence-corrected chi connectivity index (χ0v) is 10.7. The second-order valence-corrected chi connectivity index (χ2v) is 4.33. The van der Waals surface area contributed by atoms with Crippen molar-refractivity contribution in [3.63, 3.8) is 0 Å². The summed E-state index contributed by atoms with van der Waals surface area (Å²) in [6.07, 6.45) is 2.23. The van der Waals surface area contributed by atoms with Gasteiger partial charge in [-0.3, -0.25) is 0 Å². The molecule has 94 valence electrons. The minimum Gasteiger partial charge on any atom is -0.497 e. The van der Waals surface area contributed by atoms with E-state index in [9.17, 15) is 0 Å². The molecule has 1 saturated heterocycles. The Bertz CT molecular complexity index is 362. The molecule has 0 saturated carbocycles. The van der Waals surface area contributed by atoms with E-state index in [-0.39, 0.29) is 6.10 Å². The summed E-state index contributed by atoms with van der Waals surface area (Å²) in [5.74, 6) is 2.05. The number of halogens is 1. The number of benzene rings is 1. The van der Waals surface area contributed by atoms with Crippen molar-refractivity contribution in [2.45, 2.75) is 24.8 Å². The summed E-state index contributed by atoms with van der Waals surface area (Å²) in [6, 6.07) is 5.70. The van der Waals surface area contributed by atoms with E-state index in [1.54, 1.807) is 7.11 Å². The van der Waals surface area contributed by atoms with Crippen LogP contribution in [0.3, 0.4) is 0 Å². The molecule has 0 radical (unpaired) electrons. The highest BCUT2D eigenvalue weighted by atomic mass is 35.5. The highest BCUT2D eigenvalue weighted by Crippen LogP contribution is 2.27. The van der Waals surface area contributed by atoms with E-state index in [2.05, 4.69) is 0 Å². The Morgan fingerprint density at radius 2 is 2.35 bits per heavy atom. The molecule has 0 amide bonds. The summed E-state index contributed by atoms with van der Waals surface area (Å²) >= 11 is 5.91. The number of methoxy groups -OCH3 is 1. The van der Waals surface area contributed by atoms with Crippen LogP contribution < -0.4 is 9.47 Å². The number of ether oxygens (including phenoxy) is 3. The number of alkyl halides is 1. The predicted octanol–water partition coefficient (Wildman–Crippen LogP) is 2.99. The van der Waals surface area contributed by atoms with Crippen LogP contribution in [0.2, 0.25) is 0 Å². The second-order valence-electron chi connectivity index (χ2n) is 4.06. The fraction of sp³-hybridized carbons (Fsp3) is 0.538. The zero-order valence-electron chi connectivity index (χ0n) is 9.95. The molecule has 17 heavy (non-hydrogen) atoms. The van der Waals surface area contributed by atoms with Crippen LogP contribution in [-0.2, 0) is 10.6 Å². The van der Waals surface area contributed by atoms with E-state index in [1.165, 1.54) is 0 Å². The van der Waals surface area contributed by atoms with Gasteiger partial charge in [0, 0.05) is 12.2 Å². The largest absolute Gasteiger partial charge is 0.497 e. The van der Waals surface area contributed by atoms with Crippen LogP contribution in [0.4, 0.5) is 0 Å². The predicted molar refractivity (Wildman–Crippen MR) is 67.0 cm³/mol. The molecular weight excluding hydrogens is 240 g/mol. The van der Waals surface area contributed by atoms with Gasteiger partial charge in [-0.1, -0.05) is 0 Å². The monoisotopic (exact) mass is 256 g/mol. The molecule has 1 atom stereocenters. The van der Waals surface area contributed by atoms with Crippen LogP contribution in [0.25, 0.3) is 0 Å². The summed E-state index contributed by atoms with van der Waals surface area (Å²) < 4.78 is 16.5. The molecule has 2 rings (SSSR count). The van der Waals surface area contributed by atoms with Gasteiger partial charge in [0.05, 0.1) is 19.6 Å². The summed E-state index contributed by atoms with van der Waals surface area (Å²) in [6.45, 7) is 1.50. The first-order valence-electron chi connectivity index (χ1n) is 5.80. The van der Waals surface area contributed by atoms with E-state index in [4.69, 9.17) is 25.8 Å². The molecule has 0 aromatic heterocycles. The van der Waals surface area contributed by atoms with Crippen molar-refractivity contribution in [1.82, 2.24) is 0 Å². The topological polar surface area (TPSA) is 27.7 Å². The molecule has 4 heteroatoms. The summed E-state index contributed by atoms with van der Waals surface area (Å²) in [5.41, 5.74) is 0.955. The van der Waals surface area contributed by atoms with Gasteiger partial charge in [-0.25, -0.2) is 0 Å². The fourth-order valence-electron chi connectivity index (χ4n) is 1.89. The lowest BCUT2D eigenvalue weighted by Gasteiger charge is -2.24. The molecular formula is C13H17ClO3. The average molecular weight is 257 g/mol. The second kappa shape index (κ2) is 6.12. The SMILES string of the molecule is COc1ccc(OC2CCCOC2)c(CCl)c1. The van der Waals surface area contributed by atoms with E-state index in [0.717, 1.165) is 36.5 Å². The van der Waals surface area contributed by atoms with Gasteiger partial charge in [-0.05, 0) is 31.0 Å². The van der Waals surface area contributed by atoms with Gasteiger partial charge in [-0.2, -0.15) is 0 Å². The van der Waals surface area contributed by atoms with Crippen LogP contribution in [-0.4, -0.2) is 26.4 Å². The maximum atomic E-state index is 5.91. The van der Waals surface area contributed by atoms with Gasteiger partial charge in [0.25, 0.3) is 0 Å². The minimum absolute atomic E-state index is 0.138. The van der Waals surface area contributed by atoms with Gasteiger partial charge >= 0.3 is 0 Å². The standard InChI is InChI=1S/C13H17ClO3/c1-15-11-4-5-13(10(7-11)8-14)17-12-3-2-6-16-9-12/h4-5,7,12H,2-3,6,8-9H2,1H3. The smallest absolute Gasteiger partial charge is 0.124 e. The molecule has 1 aromatic rings. The van der Waals surface area contributed by atoms with Crippen molar-refractivity contribution in [1.29, 1.82) is 0 Å². The number of hydrogen-bond donors (Lipinski definition) is 0. The molecule has 0 bridgehead atoms. The van der Waals surface area contributed by atoms with E-state index in [1.807, 2.05) is 18.2 Å². The van der Waals surface area contributed by atoms with E-state index in [0.29, 0.717) is 12.5 Å². The third-order valence-electron chi connectivity index (χ3n) is 2.82. The van der Waals surface area contributed by atoms with Crippen LogP contribution in [0, 0.1) is 0 Å². The van der Waals surface area contributed by atoms with Crippen molar-refractivity contribution in [3.8, 4) is 11.5 Å². The molecule has 1 fully saturated rings. The van der Waals surface area contributed by atoms with E-state index < -0.39 is 0 Å². The van der Waals surface area contributed by atoms with Gasteiger partial charge in [0.15, 0.2) is 0 Å². The van der Waals surface area contributed by atoms with Crippen molar-refractivity contribution >= 4 is 11.6 Å². The molecule has 1 aliphatic rings. The summed E-state index contributed by atoms with van der Waals surface area (Å²) in [4.78, 5) is 0. The Balaban J connectivity index is 2.08. The molecule has 1 unspecified atom stereocenters. The third kappa shape index (κ3) is 3.27. The lowest BCUT2D eigenvalue weighted by atomic mass is 10.1. The number of rotatable bonds is 4. The van der Waals surface area contributed by atoms with Gasteiger partial charge in [0.1, 0.15) is 17.6 Å². The summed E-state index contributed by atoms with van der Waals surface area (Å²) in [5, 5.41) is 0. The maximum absolute atomic E-state index is 5.91. The molecule has 0 spiro atoms. The Kier molecular flexibility index (Phi) is 4.51. The molecule has 1 aromatic carbocycles. The highest BCUT2D eigenvalue weighted by Gasteiger charge is 2.17. The average Bonchev–Trinajstić information content (AvgIpc) is 2.40. The fourth-order valence-corrected chi connectivity index (χ4v) is 2.09. The van der Waals surface area contributed by atoms with Crippen LogP contribution in [0.1, 0.15) is 18.4 Å². The lowest BCUT2D eigenvalue weighted by Crippen LogP contribution is -2.28. The van der Waals surface area contributed by atoms with Crippen molar-refractivity contribution < 1.29 is 14.2 Å². The van der Waals surface area contributed by atoms with Crippen molar-refractivity contribution in [2.24, 2.45) is 0 Å². The van der Waals surface area contributed by atoms with Crippen LogP contribution in [0.15, 0.2) is 18.2 Å². The third-order valence-corrected chi connectivity index (χ3v) is 3.11. The van der Waals surface area contributed by atoms with Crippen molar-refractivity contribution in [3.05, 3.63) is 23.8 Å². The Labute approximate surface area is 107 Å². The quantitative estimate of drug-likeness (QED) is 0.775. The molecule has 0 aliphatic carbocycles. The Morgan fingerprint density at radius 1 is 1.47 bits per heavy atom. The summed E-state index contributed by atoms with van der Waals surface area (Å²) in [7, 11) is 1.64. The maximum Gasteiger partial charge on any atom is 0.124 e. The molecule has 1 aliphatic heterocycles. The normalized spacial score (nSPS) is 20.0. The van der Waals surface area contributed by atoms with Gasteiger partial charge < -0.3 is 14.2 Å². The number of hydrogen-bond acceptors (Lipinski definition) is 3. The lowest BCUT2D eigenvalue weighted by molar-refractivity contribution is 0.00710. The molecule has 3 nitrogen and oxygen atoms in total.